The number of methoxy groups -OCH3 is 1. The molecule has 0 rings (SSSR count). The molecule has 1 unspecified atom stereocenters. The zero-order chi connectivity index (χ0) is 15.2. The maximum absolute atomic E-state index is 11.5. The van der Waals surface area contributed by atoms with Crippen LogP contribution in [-0.4, -0.2) is 43.9 Å². The van der Waals surface area contributed by atoms with Crippen LogP contribution in [0.5, 0.6) is 0 Å². The maximum Gasteiger partial charge on any atom is 0.314 e. The van der Waals surface area contributed by atoms with Gasteiger partial charge in [-0.05, 0) is 25.2 Å². The zero-order valence-corrected chi connectivity index (χ0v) is 12.6. The molecule has 0 aliphatic carbocycles. The quantitative estimate of drug-likeness (QED) is 0.479. The third-order valence-electron chi connectivity index (χ3n) is 3.11. The monoisotopic (exact) mass is 288 g/mol. The topological polar surface area (TPSA) is 87.7 Å². The van der Waals surface area contributed by atoms with Gasteiger partial charge in [-0.25, -0.2) is 4.79 Å². The van der Waals surface area contributed by atoms with E-state index in [2.05, 4.69) is 17.6 Å². The average Bonchev–Trinajstić information content (AvgIpc) is 2.41. The molecule has 0 spiro atoms. The minimum atomic E-state index is -0.755. The first-order valence-corrected chi connectivity index (χ1v) is 7.32. The fourth-order valence-corrected chi connectivity index (χ4v) is 2.04. The van der Waals surface area contributed by atoms with E-state index in [1.165, 1.54) is 0 Å². The summed E-state index contributed by atoms with van der Waals surface area (Å²) in [4.78, 5) is 22.0. The summed E-state index contributed by atoms with van der Waals surface area (Å²) in [7, 11) is 1.63. The van der Waals surface area contributed by atoms with Crippen molar-refractivity contribution in [2.45, 2.75) is 45.4 Å². The Bertz CT molecular complexity index is 272. The molecule has 0 heterocycles. The fraction of sp³-hybridized carbons (Fsp3) is 0.857. The van der Waals surface area contributed by atoms with Crippen LogP contribution in [0.3, 0.4) is 0 Å². The molecule has 0 aliphatic heterocycles. The lowest BCUT2D eigenvalue weighted by Gasteiger charge is -2.15. The molecule has 6 nitrogen and oxygen atoms in total. The van der Waals surface area contributed by atoms with Gasteiger partial charge in [-0.15, -0.1) is 0 Å². The van der Waals surface area contributed by atoms with Gasteiger partial charge in [0.05, 0.1) is 0 Å². The third-order valence-corrected chi connectivity index (χ3v) is 3.11. The minimum absolute atomic E-state index is 0.172. The van der Waals surface area contributed by atoms with Crippen LogP contribution in [0.1, 0.15) is 45.4 Å². The summed E-state index contributed by atoms with van der Waals surface area (Å²) >= 11 is 0. The summed E-state index contributed by atoms with van der Waals surface area (Å²) in [5.41, 5.74) is 0. The molecule has 0 fully saturated rings. The predicted molar refractivity (Wildman–Crippen MR) is 77.8 cm³/mol. The zero-order valence-electron chi connectivity index (χ0n) is 12.6. The van der Waals surface area contributed by atoms with Crippen molar-refractivity contribution in [3.63, 3.8) is 0 Å². The number of urea groups is 1. The van der Waals surface area contributed by atoms with Gasteiger partial charge in [-0.3, -0.25) is 4.79 Å². The molecule has 0 saturated heterocycles. The Balaban J connectivity index is 3.69. The van der Waals surface area contributed by atoms with E-state index in [1.807, 2.05) is 0 Å². The second kappa shape index (κ2) is 12.7. The number of ether oxygens (including phenoxy) is 1. The second-order valence-electron chi connectivity index (χ2n) is 4.90. The number of hydrogen-bond acceptors (Lipinski definition) is 3. The smallest absolute Gasteiger partial charge is 0.314 e. The molecule has 0 aromatic heterocycles. The van der Waals surface area contributed by atoms with Crippen molar-refractivity contribution in [2.75, 3.05) is 26.8 Å². The molecule has 0 aliphatic rings. The van der Waals surface area contributed by atoms with Crippen LogP contribution in [0.25, 0.3) is 0 Å². The highest BCUT2D eigenvalue weighted by Crippen LogP contribution is 2.16. The minimum Gasteiger partial charge on any atom is -0.481 e. The van der Waals surface area contributed by atoms with Gasteiger partial charge in [0.15, 0.2) is 0 Å². The van der Waals surface area contributed by atoms with Crippen molar-refractivity contribution >= 4 is 12.0 Å². The lowest BCUT2D eigenvalue weighted by atomic mass is 9.94. The highest BCUT2D eigenvalue weighted by molar-refractivity contribution is 5.73. The molecule has 0 aromatic rings. The second-order valence-corrected chi connectivity index (χ2v) is 4.90. The number of amides is 2. The maximum atomic E-state index is 11.5. The summed E-state index contributed by atoms with van der Waals surface area (Å²) in [6.45, 7) is 3.90. The first kappa shape index (κ1) is 18.7. The molecule has 118 valence electrons. The molecule has 3 N–H and O–H groups in total. The van der Waals surface area contributed by atoms with E-state index in [1.54, 1.807) is 7.11 Å². The van der Waals surface area contributed by atoms with Gasteiger partial charge in [0.1, 0.15) is 0 Å². The van der Waals surface area contributed by atoms with E-state index in [0.29, 0.717) is 32.0 Å². The number of aliphatic carboxylic acids is 1. The van der Waals surface area contributed by atoms with Crippen molar-refractivity contribution in [2.24, 2.45) is 5.92 Å². The molecule has 0 bridgehead atoms. The van der Waals surface area contributed by atoms with Crippen molar-refractivity contribution in [1.82, 2.24) is 10.6 Å². The van der Waals surface area contributed by atoms with Gasteiger partial charge < -0.3 is 20.5 Å². The Labute approximate surface area is 121 Å². The SMILES string of the molecule is CCCC(CCNC(=O)NCCCOC)CCC(=O)O. The number of carbonyl (C=O) groups is 2. The first-order chi connectivity index (χ1) is 9.60. The molecule has 2 amide bonds. The van der Waals surface area contributed by atoms with Crippen molar-refractivity contribution in [3.05, 3.63) is 0 Å². The van der Waals surface area contributed by atoms with E-state index >= 15 is 0 Å². The van der Waals surface area contributed by atoms with Gasteiger partial charge in [0.25, 0.3) is 0 Å². The molecule has 0 radical (unpaired) electrons. The standard InChI is InChI=1S/C14H28N2O4/c1-3-5-12(6-7-13(17)18)8-10-16-14(19)15-9-4-11-20-2/h12H,3-11H2,1-2H3,(H,17,18)(H2,15,16,19). The Morgan fingerprint density at radius 2 is 1.85 bits per heavy atom. The largest absolute Gasteiger partial charge is 0.481 e. The molecular weight excluding hydrogens is 260 g/mol. The van der Waals surface area contributed by atoms with Crippen molar-refractivity contribution in [1.29, 1.82) is 0 Å². The van der Waals surface area contributed by atoms with Gasteiger partial charge in [0.2, 0.25) is 0 Å². The van der Waals surface area contributed by atoms with Crippen molar-refractivity contribution < 1.29 is 19.4 Å². The fourth-order valence-electron chi connectivity index (χ4n) is 2.04. The van der Waals surface area contributed by atoms with E-state index < -0.39 is 5.97 Å². The highest BCUT2D eigenvalue weighted by atomic mass is 16.5. The first-order valence-electron chi connectivity index (χ1n) is 7.32. The summed E-state index contributed by atoms with van der Waals surface area (Å²) < 4.78 is 4.89. The van der Waals surface area contributed by atoms with E-state index in [0.717, 1.165) is 25.7 Å². The van der Waals surface area contributed by atoms with Crippen molar-refractivity contribution in [3.8, 4) is 0 Å². The van der Waals surface area contributed by atoms with Gasteiger partial charge in [-0.1, -0.05) is 19.8 Å². The van der Waals surface area contributed by atoms with Crippen LogP contribution in [-0.2, 0) is 9.53 Å². The Morgan fingerprint density at radius 1 is 1.15 bits per heavy atom. The number of carboxylic acids is 1. The van der Waals surface area contributed by atoms with E-state index in [4.69, 9.17) is 9.84 Å². The number of hydrogen-bond donors (Lipinski definition) is 3. The van der Waals surface area contributed by atoms with Crippen LogP contribution in [0.4, 0.5) is 4.79 Å². The predicted octanol–water partition coefficient (Wildman–Crippen LogP) is 1.99. The summed E-state index contributed by atoms with van der Waals surface area (Å²) in [5.74, 6) is -0.389. The number of nitrogens with one attached hydrogen (secondary N) is 2. The molecule has 6 heteroatoms. The number of carbonyl (C=O) groups excluding carboxylic acids is 1. The number of carboxylic acid groups (broad SMARTS) is 1. The summed E-state index contributed by atoms with van der Waals surface area (Å²) in [6, 6.07) is -0.172. The van der Waals surface area contributed by atoms with Crippen LogP contribution in [0, 0.1) is 5.92 Å². The van der Waals surface area contributed by atoms with Gasteiger partial charge in [-0.2, -0.15) is 0 Å². The Hall–Kier alpha value is -1.30. The summed E-state index contributed by atoms with van der Waals surface area (Å²) in [6.07, 6.45) is 4.54. The Morgan fingerprint density at radius 3 is 2.45 bits per heavy atom. The third kappa shape index (κ3) is 11.8. The van der Waals surface area contributed by atoms with Gasteiger partial charge in [0, 0.05) is 33.2 Å². The van der Waals surface area contributed by atoms with Gasteiger partial charge >= 0.3 is 12.0 Å². The van der Waals surface area contributed by atoms with Crippen LogP contribution < -0.4 is 10.6 Å². The molecule has 20 heavy (non-hydrogen) atoms. The van der Waals surface area contributed by atoms with Crippen LogP contribution in [0.2, 0.25) is 0 Å². The normalized spacial score (nSPS) is 11.9. The lowest BCUT2D eigenvalue weighted by molar-refractivity contribution is -0.137. The molecule has 0 saturated carbocycles. The molecule has 0 aromatic carbocycles. The highest BCUT2D eigenvalue weighted by Gasteiger charge is 2.10. The molecule has 1 atom stereocenters. The average molecular weight is 288 g/mol. The summed E-state index contributed by atoms with van der Waals surface area (Å²) in [5, 5.41) is 14.2. The Kier molecular flexibility index (Phi) is 11.9. The molecular formula is C14H28N2O4. The van der Waals surface area contributed by atoms with E-state index in [-0.39, 0.29) is 12.5 Å². The van der Waals surface area contributed by atoms with Crippen LogP contribution >= 0.6 is 0 Å². The lowest BCUT2D eigenvalue weighted by Crippen LogP contribution is -2.37. The number of rotatable bonds is 12. The van der Waals surface area contributed by atoms with E-state index in [9.17, 15) is 9.59 Å². The van der Waals surface area contributed by atoms with Crippen LogP contribution in [0.15, 0.2) is 0 Å².